The molecule has 0 saturated heterocycles. The largest absolute Gasteiger partial charge is 0.507 e. The van der Waals surface area contributed by atoms with Crippen LogP contribution in [0.3, 0.4) is 0 Å². The zero-order valence-electron chi connectivity index (χ0n) is 20.5. The number of fused-ring (bicyclic) bond motifs is 2. The lowest BCUT2D eigenvalue weighted by Gasteiger charge is -2.50. The maximum absolute atomic E-state index is 15.3. The molecule has 1 aromatic carbocycles. The van der Waals surface area contributed by atoms with E-state index >= 15 is 4.39 Å². The summed E-state index contributed by atoms with van der Waals surface area (Å²) < 4.78 is 19.4. The lowest BCUT2D eigenvalue weighted by molar-refractivity contribution is 0.0113. The van der Waals surface area contributed by atoms with Crippen molar-refractivity contribution in [3.63, 3.8) is 0 Å². The van der Waals surface area contributed by atoms with Crippen LogP contribution in [0.5, 0.6) is 11.6 Å². The summed E-state index contributed by atoms with van der Waals surface area (Å²) in [6, 6.07) is 6.46. The number of aromatic hydroxyl groups is 1. The summed E-state index contributed by atoms with van der Waals surface area (Å²) in [6.45, 7) is 2.27. The SMILES string of the molecule is CN(c1cnc(-c2ccc(-c3cnnc(OC(S)(S)S)c3)cc2O)nn1)[C@@H]1C[C@@]2(C)CCC[C@H](C2)[C@@H]1F. The van der Waals surface area contributed by atoms with Crippen LogP contribution in [0.25, 0.3) is 22.5 Å². The lowest BCUT2D eigenvalue weighted by atomic mass is 9.60. The van der Waals surface area contributed by atoms with E-state index in [1.807, 2.05) is 11.9 Å². The summed E-state index contributed by atoms with van der Waals surface area (Å²) in [6.07, 6.45) is 7.18. The van der Waals surface area contributed by atoms with Gasteiger partial charge < -0.3 is 14.7 Å². The van der Waals surface area contributed by atoms with Crippen LogP contribution in [0.2, 0.25) is 0 Å². The van der Waals surface area contributed by atoms with Crippen molar-refractivity contribution >= 4 is 43.7 Å². The molecule has 196 valence electrons. The van der Waals surface area contributed by atoms with Crippen molar-refractivity contribution in [2.24, 2.45) is 11.3 Å². The van der Waals surface area contributed by atoms with Crippen molar-refractivity contribution in [1.82, 2.24) is 25.4 Å². The number of alkyl halides is 1. The Morgan fingerprint density at radius 1 is 1.11 bits per heavy atom. The third kappa shape index (κ3) is 5.75. The molecule has 0 spiro atoms. The number of thiol groups is 3. The molecule has 0 amide bonds. The number of nitrogens with zero attached hydrogens (tertiary/aromatic N) is 6. The van der Waals surface area contributed by atoms with Crippen molar-refractivity contribution in [2.45, 2.75) is 54.8 Å². The molecule has 2 bridgehead atoms. The first-order valence-corrected chi connectivity index (χ1v) is 13.4. The van der Waals surface area contributed by atoms with E-state index in [9.17, 15) is 5.11 Å². The summed E-state index contributed by atoms with van der Waals surface area (Å²) in [5.41, 5.74) is 1.94. The molecule has 0 aliphatic heterocycles. The van der Waals surface area contributed by atoms with Crippen molar-refractivity contribution in [1.29, 1.82) is 0 Å². The van der Waals surface area contributed by atoms with Gasteiger partial charge in [0.05, 0.1) is 24.0 Å². The molecule has 0 unspecified atom stereocenters. The maximum Gasteiger partial charge on any atom is 0.243 e. The number of benzene rings is 1. The Morgan fingerprint density at radius 3 is 2.62 bits per heavy atom. The lowest BCUT2D eigenvalue weighted by Crippen LogP contribution is -2.52. The number of hydrogen-bond acceptors (Lipinski definition) is 11. The van der Waals surface area contributed by atoms with E-state index in [-0.39, 0.29) is 34.8 Å². The van der Waals surface area contributed by atoms with E-state index in [1.165, 1.54) is 0 Å². The van der Waals surface area contributed by atoms with Gasteiger partial charge in [-0.1, -0.05) is 19.4 Å². The van der Waals surface area contributed by atoms with Gasteiger partial charge in [0.15, 0.2) is 11.6 Å². The molecule has 8 nitrogen and oxygen atoms in total. The number of phenols is 1. The van der Waals surface area contributed by atoms with Crippen molar-refractivity contribution in [3.05, 3.63) is 36.7 Å². The van der Waals surface area contributed by atoms with Gasteiger partial charge in [0.2, 0.25) is 9.48 Å². The van der Waals surface area contributed by atoms with Gasteiger partial charge in [-0.3, -0.25) is 0 Å². The summed E-state index contributed by atoms with van der Waals surface area (Å²) >= 11 is 12.3. The van der Waals surface area contributed by atoms with E-state index in [0.29, 0.717) is 22.5 Å². The van der Waals surface area contributed by atoms with Gasteiger partial charge in [0.25, 0.3) is 0 Å². The molecule has 2 aliphatic carbocycles. The first-order valence-electron chi connectivity index (χ1n) is 12.1. The van der Waals surface area contributed by atoms with E-state index in [0.717, 1.165) is 32.1 Å². The highest BCUT2D eigenvalue weighted by Crippen LogP contribution is 2.50. The first kappa shape index (κ1) is 26.3. The Bertz CT molecular complexity index is 1280. The van der Waals surface area contributed by atoms with Crippen LogP contribution in [0.1, 0.15) is 39.0 Å². The van der Waals surface area contributed by atoms with Crippen LogP contribution < -0.4 is 9.64 Å². The summed E-state index contributed by atoms with van der Waals surface area (Å²) in [7, 11) is 1.86. The Kier molecular flexibility index (Phi) is 7.18. The van der Waals surface area contributed by atoms with Gasteiger partial charge in [-0.25, -0.2) is 9.37 Å². The number of hydrogen-bond donors (Lipinski definition) is 4. The topological polar surface area (TPSA) is 97.2 Å². The van der Waals surface area contributed by atoms with Crippen molar-refractivity contribution < 1.29 is 14.2 Å². The van der Waals surface area contributed by atoms with Gasteiger partial charge in [0.1, 0.15) is 11.9 Å². The molecule has 2 aromatic heterocycles. The summed E-state index contributed by atoms with van der Waals surface area (Å²) in [5.74, 6) is 1.04. The van der Waals surface area contributed by atoms with E-state index < -0.39 is 9.77 Å². The number of rotatable bonds is 6. The van der Waals surface area contributed by atoms with Crippen LogP contribution in [-0.2, 0) is 0 Å². The summed E-state index contributed by atoms with van der Waals surface area (Å²) in [5, 5.41) is 27.1. The highest BCUT2D eigenvalue weighted by molar-refractivity contribution is 8.16. The molecule has 5 rings (SSSR count). The van der Waals surface area contributed by atoms with Crippen LogP contribution in [-0.4, -0.2) is 53.3 Å². The van der Waals surface area contributed by atoms with Gasteiger partial charge >= 0.3 is 0 Å². The zero-order valence-corrected chi connectivity index (χ0v) is 23.2. The molecular formula is C25H29FN6O2S3. The van der Waals surface area contributed by atoms with Gasteiger partial charge in [0, 0.05) is 18.7 Å². The molecule has 3 aromatic rings. The van der Waals surface area contributed by atoms with Crippen LogP contribution in [0, 0.1) is 11.3 Å². The third-order valence-corrected chi connectivity index (χ3v) is 7.76. The molecule has 2 fully saturated rings. The maximum atomic E-state index is 15.3. The van der Waals surface area contributed by atoms with Gasteiger partial charge in [-0.05, 0) is 54.7 Å². The molecule has 12 heteroatoms. The monoisotopic (exact) mass is 560 g/mol. The second-order valence-corrected chi connectivity index (χ2v) is 13.3. The minimum atomic E-state index is -1.32. The third-order valence-electron chi connectivity index (χ3n) is 7.48. The number of halogens is 1. The quantitative estimate of drug-likeness (QED) is 0.241. The standard InChI is InChI=1S/C25H29FN6O2S3/c1-24-7-3-4-15(10-24)22(26)18(11-24)32(2)20-13-27-23(31-29-20)17-6-5-14(8-19(17)33)16-9-21(30-28-12-16)34-25(35,36)37/h5-6,8-9,12-13,15,18,22,33,35-37H,3-4,7,10-11H2,1-2H3/t15-,18-,22+,24+/m1/s1. The Morgan fingerprint density at radius 2 is 1.92 bits per heavy atom. The first-order chi connectivity index (χ1) is 17.5. The van der Waals surface area contributed by atoms with Crippen molar-refractivity contribution in [3.8, 4) is 34.1 Å². The fourth-order valence-electron chi connectivity index (χ4n) is 5.69. The van der Waals surface area contributed by atoms with Gasteiger partial charge in [-0.2, -0.15) is 5.10 Å². The average molecular weight is 561 g/mol. The Labute approximate surface area is 231 Å². The molecule has 37 heavy (non-hydrogen) atoms. The minimum Gasteiger partial charge on any atom is -0.507 e. The molecular weight excluding hydrogens is 532 g/mol. The molecule has 2 saturated carbocycles. The second-order valence-electron chi connectivity index (χ2n) is 10.3. The summed E-state index contributed by atoms with van der Waals surface area (Å²) in [4.78, 5) is 6.30. The highest BCUT2D eigenvalue weighted by atomic mass is 32.2. The molecule has 4 atom stereocenters. The zero-order chi connectivity index (χ0) is 26.4. The fourth-order valence-corrected chi connectivity index (χ4v) is 5.97. The van der Waals surface area contributed by atoms with Crippen molar-refractivity contribution in [2.75, 3.05) is 11.9 Å². The molecule has 1 N–H and O–H groups in total. The number of anilines is 1. The Balaban J connectivity index is 1.34. The highest BCUT2D eigenvalue weighted by Gasteiger charge is 2.47. The molecule has 2 heterocycles. The minimum absolute atomic E-state index is 0.0246. The van der Waals surface area contributed by atoms with Crippen LogP contribution in [0.15, 0.2) is 36.7 Å². The second kappa shape index (κ2) is 10.1. The van der Waals surface area contributed by atoms with Gasteiger partial charge in [-0.15, -0.1) is 53.2 Å². The van der Waals surface area contributed by atoms with E-state index in [2.05, 4.69) is 70.2 Å². The number of ether oxygens (including phenoxy) is 1. The average Bonchev–Trinajstić information content (AvgIpc) is 2.85. The predicted octanol–water partition coefficient (Wildman–Crippen LogP) is 5.22. The predicted molar refractivity (Wildman–Crippen MR) is 150 cm³/mol. The smallest absolute Gasteiger partial charge is 0.243 e. The molecule has 2 aliphatic rings. The van der Waals surface area contributed by atoms with Crippen LogP contribution in [0.4, 0.5) is 10.2 Å². The molecule has 0 radical (unpaired) electrons. The fraction of sp³-hybridized carbons (Fsp3) is 0.480. The van der Waals surface area contributed by atoms with Crippen LogP contribution >= 0.6 is 37.9 Å². The number of aromatic nitrogens is 5. The Hall–Kier alpha value is -2.31. The van der Waals surface area contributed by atoms with E-state index in [1.54, 1.807) is 36.7 Å². The van der Waals surface area contributed by atoms with E-state index in [4.69, 9.17) is 4.74 Å². The number of phenolic OH excluding ortho intramolecular Hbond substituents is 1. The normalized spacial score (nSPS) is 25.5.